The van der Waals surface area contributed by atoms with E-state index in [2.05, 4.69) is 32.8 Å². The Kier molecular flexibility index (Phi) is 4.35. The molecule has 3 rings (SSSR count). The van der Waals surface area contributed by atoms with Crippen molar-refractivity contribution in [2.24, 2.45) is 5.92 Å². The first kappa shape index (κ1) is 13.6. The first-order chi connectivity index (χ1) is 9.83. The Balaban J connectivity index is 1.72. The van der Waals surface area contributed by atoms with Crippen LogP contribution >= 0.6 is 0 Å². The predicted molar refractivity (Wildman–Crippen MR) is 80.3 cm³/mol. The van der Waals surface area contributed by atoms with Gasteiger partial charge in [-0.15, -0.1) is 0 Å². The second-order valence-electron chi connectivity index (χ2n) is 5.86. The molecular formula is C15H24N4O. The summed E-state index contributed by atoms with van der Waals surface area (Å²) >= 11 is 0. The van der Waals surface area contributed by atoms with Gasteiger partial charge in [0.25, 0.3) is 0 Å². The van der Waals surface area contributed by atoms with E-state index in [0.717, 1.165) is 56.9 Å². The second-order valence-corrected chi connectivity index (χ2v) is 5.86. The highest BCUT2D eigenvalue weighted by Gasteiger charge is 2.18. The molecular weight excluding hydrogens is 252 g/mol. The molecule has 0 aliphatic carbocycles. The molecule has 2 aliphatic rings. The van der Waals surface area contributed by atoms with Crippen molar-refractivity contribution in [3.8, 4) is 0 Å². The van der Waals surface area contributed by atoms with Crippen LogP contribution in [0.15, 0.2) is 12.4 Å². The van der Waals surface area contributed by atoms with Crippen molar-refractivity contribution in [3.63, 3.8) is 0 Å². The summed E-state index contributed by atoms with van der Waals surface area (Å²) < 4.78 is 5.40. The standard InChI is InChI=1S/C15H24N4O/c1-13-3-2-5-18(6-4-13)14-11-15(17-12-16-14)19-7-9-20-10-8-19/h11-13H,2-10H2,1H3. The van der Waals surface area contributed by atoms with Crippen molar-refractivity contribution >= 4 is 11.6 Å². The average Bonchev–Trinajstić information content (AvgIpc) is 2.73. The van der Waals surface area contributed by atoms with Crippen LogP contribution in [0.4, 0.5) is 11.6 Å². The van der Waals surface area contributed by atoms with E-state index in [1.807, 2.05) is 0 Å². The molecule has 2 aliphatic heterocycles. The number of rotatable bonds is 2. The molecule has 0 aromatic carbocycles. The zero-order chi connectivity index (χ0) is 13.8. The normalized spacial score (nSPS) is 24.6. The Morgan fingerprint density at radius 2 is 1.70 bits per heavy atom. The topological polar surface area (TPSA) is 41.5 Å². The van der Waals surface area contributed by atoms with E-state index in [1.54, 1.807) is 6.33 Å². The molecule has 3 heterocycles. The van der Waals surface area contributed by atoms with Gasteiger partial charge in [-0.1, -0.05) is 6.92 Å². The monoisotopic (exact) mass is 276 g/mol. The van der Waals surface area contributed by atoms with Crippen molar-refractivity contribution in [1.29, 1.82) is 0 Å². The minimum absolute atomic E-state index is 0.792. The zero-order valence-corrected chi connectivity index (χ0v) is 12.3. The van der Waals surface area contributed by atoms with Gasteiger partial charge in [0.2, 0.25) is 0 Å². The highest BCUT2D eigenvalue weighted by Crippen LogP contribution is 2.23. The lowest BCUT2D eigenvalue weighted by atomic mass is 10.0. The van der Waals surface area contributed by atoms with Gasteiger partial charge in [0.1, 0.15) is 18.0 Å². The maximum Gasteiger partial charge on any atom is 0.134 e. The van der Waals surface area contributed by atoms with Crippen molar-refractivity contribution in [1.82, 2.24) is 9.97 Å². The van der Waals surface area contributed by atoms with Crippen molar-refractivity contribution in [3.05, 3.63) is 12.4 Å². The minimum atomic E-state index is 0.792. The van der Waals surface area contributed by atoms with E-state index < -0.39 is 0 Å². The summed E-state index contributed by atoms with van der Waals surface area (Å²) in [6.07, 6.45) is 5.56. The van der Waals surface area contributed by atoms with E-state index in [1.165, 1.54) is 19.3 Å². The van der Waals surface area contributed by atoms with E-state index in [-0.39, 0.29) is 0 Å². The van der Waals surface area contributed by atoms with Crippen LogP contribution in [-0.2, 0) is 4.74 Å². The van der Waals surface area contributed by atoms with Crippen molar-refractivity contribution in [2.45, 2.75) is 26.2 Å². The SMILES string of the molecule is CC1CCCN(c2cc(N3CCOCC3)ncn2)CC1. The highest BCUT2D eigenvalue weighted by molar-refractivity contribution is 5.50. The fourth-order valence-electron chi connectivity index (χ4n) is 2.97. The lowest BCUT2D eigenvalue weighted by molar-refractivity contribution is 0.122. The Hall–Kier alpha value is -1.36. The number of hydrogen-bond donors (Lipinski definition) is 0. The second kappa shape index (κ2) is 6.39. The molecule has 0 amide bonds. The zero-order valence-electron chi connectivity index (χ0n) is 12.3. The van der Waals surface area contributed by atoms with Crippen LogP contribution in [0.1, 0.15) is 26.2 Å². The maximum atomic E-state index is 5.40. The van der Waals surface area contributed by atoms with E-state index in [4.69, 9.17) is 4.74 Å². The first-order valence-electron chi connectivity index (χ1n) is 7.72. The minimum Gasteiger partial charge on any atom is -0.378 e. The largest absolute Gasteiger partial charge is 0.378 e. The molecule has 1 aromatic heterocycles. The molecule has 2 saturated heterocycles. The van der Waals surface area contributed by atoms with Gasteiger partial charge in [-0.2, -0.15) is 0 Å². The Labute approximate surface area is 121 Å². The molecule has 0 saturated carbocycles. The van der Waals surface area contributed by atoms with Gasteiger partial charge in [-0.05, 0) is 25.2 Å². The molecule has 0 radical (unpaired) electrons. The molecule has 2 fully saturated rings. The summed E-state index contributed by atoms with van der Waals surface area (Å²) in [6, 6.07) is 2.14. The third kappa shape index (κ3) is 3.20. The summed E-state index contributed by atoms with van der Waals surface area (Å²) in [7, 11) is 0. The predicted octanol–water partition coefficient (Wildman–Crippen LogP) is 1.94. The summed E-state index contributed by atoms with van der Waals surface area (Å²) in [5.41, 5.74) is 0. The smallest absolute Gasteiger partial charge is 0.134 e. The van der Waals surface area contributed by atoms with Gasteiger partial charge in [0.05, 0.1) is 13.2 Å². The Morgan fingerprint density at radius 3 is 2.45 bits per heavy atom. The Morgan fingerprint density at radius 1 is 1.00 bits per heavy atom. The van der Waals surface area contributed by atoms with Gasteiger partial charge in [-0.25, -0.2) is 9.97 Å². The fourth-order valence-corrected chi connectivity index (χ4v) is 2.97. The maximum absolute atomic E-state index is 5.40. The molecule has 5 heteroatoms. The lowest BCUT2D eigenvalue weighted by Crippen LogP contribution is -2.37. The molecule has 20 heavy (non-hydrogen) atoms. The van der Waals surface area contributed by atoms with Crippen LogP contribution in [0, 0.1) is 5.92 Å². The summed E-state index contributed by atoms with van der Waals surface area (Å²) in [5.74, 6) is 2.95. The van der Waals surface area contributed by atoms with Gasteiger partial charge >= 0.3 is 0 Å². The average molecular weight is 276 g/mol. The van der Waals surface area contributed by atoms with Crippen LogP contribution in [0.3, 0.4) is 0 Å². The van der Waals surface area contributed by atoms with Crippen LogP contribution in [0.2, 0.25) is 0 Å². The molecule has 0 N–H and O–H groups in total. The molecule has 0 spiro atoms. The van der Waals surface area contributed by atoms with Gasteiger partial charge in [0.15, 0.2) is 0 Å². The molecule has 5 nitrogen and oxygen atoms in total. The van der Waals surface area contributed by atoms with Gasteiger partial charge in [0, 0.05) is 32.2 Å². The third-order valence-corrected chi connectivity index (χ3v) is 4.31. The summed E-state index contributed by atoms with van der Waals surface area (Å²) in [6.45, 7) is 8.01. The first-order valence-corrected chi connectivity index (χ1v) is 7.72. The fraction of sp³-hybridized carbons (Fsp3) is 0.733. The molecule has 110 valence electrons. The molecule has 1 unspecified atom stereocenters. The number of anilines is 2. The van der Waals surface area contributed by atoms with Gasteiger partial charge in [-0.3, -0.25) is 0 Å². The number of hydrogen-bond acceptors (Lipinski definition) is 5. The van der Waals surface area contributed by atoms with E-state index in [9.17, 15) is 0 Å². The Bertz CT molecular complexity index is 434. The summed E-state index contributed by atoms with van der Waals surface area (Å²) in [4.78, 5) is 13.6. The molecule has 0 bridgehead atoms. The molecule has 1 atom stereocenters. The van der Waals surface area contributed by atoms with Crippen LogP contribution in [-0.4, -0.2) is 49.4 Å². The highest BCUT2D eigenvalue weighted by atomic mass is 16.5. The van der Waals surface area contributed by atoms with Crippen LogP contribution in [0.25, 0.3) is 0 Å². The molecule has 1 aromatic rings. The van der Waals surface area contributed by atoms with E-state index >= 15 is 0 Å². The van der Waals surface area contributed by atoms with Crippen molar-refractivity contribution in [2.75, 3.05) is 49.2 Å². The number of nitrogens with zero attached hydrogens (tertiary/aromatic N) is 4. The van der Waals surface area contributed by atoms with E-state index in [0.29, 0.717) is 0 Å². The van der Waals surface area contributed by atoms with Gasteiger partial charge < -0.3 is 14.5 Å². The summed E-state index contributed by atoms with van der Waals surface area (Å²) in [5, 5.41) is 0. The lowest BCUT2D eigenvalue weighted by Gasteiger charge is -2.29. The van der Waals surface area contributed by atoms with Crippen LogP contribution in [0.5, 0.6) is 0 Å². The number of ether oxygens (including phenoxy) is 1. The number of aromatic nitrogens is 2. The van der Waals surface area contributed by atoms with Crippen LogP contribution < -0.4 is 9.80 Å². The third-order valence-electron chi connectivity index (χ3n) is 4.31. The van der Waals surface area contributed by atoms with Crippen molar-refractivity contribution < 1.29 is 4.74 Å². The number of morpholine rings is 1. The quantitative estimate of drug-likeness (QED) is 0.825.